The summed E-state index contributed by atoms with van der Waals surface area (Å²) in [6.07, 6.45) is 3.52. The Morgan fingerprint density at radius 1 is 1.38 bits per heavy atom. The molecule has 1 N–H and O–H groups in total. The molecule has 70 valence electrons. The Kier molecular flexibility index (Phi) is 3.57. The Morgan fingerprint density at radius 3 is 2.85 bits per heavy atom. The number of aliphatic hydroxyl groups is 1. The van der Waals surface area contributed by atoms with Gasteiger partial charge in [0.1, 0.15) is 0 Å². The molecule has 0 spiro atoms. The molecule has 0 aromatic carbocycles. The van der Waals surface area contributed by atoms with Gasteiger partial charge in [-0.3, -0.25) is 4.79 Å². The fourth-order valence-electron chi connectivity index (χ4n) is 1.36. The number of carbonyl (C=O) groups is 1. The fraction of sp³-hybridized carbons (Fsp3) is 0.545. The van der Waals surface area contributed by atoms with E-state index in [0.29, 0.717) is 12.8 Å². The van der Waals surface area contributed by atoms with Gasteiger partial charge in [-0.05, 0) is 18.4 Å². The van der Waals surface area contributed by atoms with E-state index in [-0.39, 0.29) is 11.5 Å². The normalized spacial score (nSPS) is 16.8. The van der Waals surface area contributed by atoms with Crippen LogP contribution in [0.2, 0.25) is 0 Å². The van der Waals surface area contributed by atoms with Gasteiger partial charge in [-0.1, -0.05) is 12.8 Å². The molecule has 0 radical (unpaired) electrons. The molecule has 0 saturated heterocycles. The molecule has 0 aliphatic heterocycles. The highest BCUT2D eigenvalue weighted by Gasteiger charge is 2.18. The number of hydrogen-bond donors (Lipinski definition) is 1. The van der Waals surface area contributed by atoms with Crippen LogP contribution in [0.1, 0.15) is 39.0 Å². The predicted molar refractivity (Wildman–Crippen MR) is 51.2 cm³/mol. The quantitative estimate of drug-likeness (QED) is 0.626. The molecular formula is C11H14O2. The van der Waals surface area contributed by atoms with Crippen LogP contribution in [0.25, 0.3) is 0 Å². The molecule has 0 aromatic rings. The lowest BCUT2D eigenvalue weighted by Gasteiger charge is -2.12. The molecule has 13 heavy (non-hydrogen) atoms. The summed E-state index contributed by atoms with van der Waals surface area (Å²) in [4.78, 5) is 11.1. The molecule has 0 aromatic heterocycles. The Morgan fingerprint density at radius 2 is 2.15 bits per heavy atom. The van der Waals surface area contributed by atoms with E-state index in [1.807, 2.05) is 6.92 Å². The van der Waals surface area contributed by atoms with E-state index < -0.39 is 0 Å². The minimum absolute atomic E-state index is 0.0309. The first-order valence-electron chi connectivity index (χ1n) is 4.65. The maximum absolute atomic E-state index is 11.1. The highest BCUT2D eigenvalue weighted by molar-refractivity contribution is 5.94. The maximum atomic E-state index is 11.1. The van der Waals surface area contributed by atoms with Crippen molar-refractivity contribution in [2.45, 2.75) is 39.0 Å². The van der Waals surface area contributed by atoms with Crippen LogP contribution >= 0.6 is 0 Å². The van der Waals surface area contributed by atoms with Crippen molar-refractivity contribution in [3.63, 3.8) is 0 Å². The van der Waals surface area contributed by atoms with Crippen molar-refractivity contribution in [3.8, 4) is 11.8 Å². The molecule has 0 fully saturated rings. The van der Waals surface area contributed by atoms with E-state index in [4.69, 9.17) is 0 Å². The van der Waals surface area contributed by atoms with Gasteiger partial charge in [-0.2, -0.15) is 0 Å². The first-order valence-corrected chi connectivity index (χ1v) is 4.65. The minimum atomic E-state index is -0.125. The Balaban J connectivity index is 2.66. The molecule has 0 heterocycles. The summed E-state index contributed by atoms with van der Waals surface area (Å²) in [5.41, 5.74) is 0.817. The van der Waals surface area contributed by atoms with E-state index in [0.717, 1.165) is 24.8 Å². The molecular weight excluding hydrogens is 164 g/mol. The summed E-state index contributed by atoms with van der Waals surface area (Å²) in [7, 11) is 0. The number of aliphatic hydroxyl groups excluding tert-OH is 1. The number of allylic oxidation sites excluding steroid dienone is 2. The van der Waals surface area contributed by atoms with Crippen LogP contribution in [0.15, 0.2) is 11.3 Å². The molecule has 2 nitrogen and oxygen atoms in total. The lowest BCUT2D eigenvalue weighted by atomic mass is 9.95. The highest BCUT2D eigenvalue weighted by atomic mass is 16.3. The van der Waals surface area contributed by atoms with Crippen molar-refractivity contribution < 1.29 is 9.90 Å². The van der Waals surface area contributed by atoms with E-state index in [1.165, 1.54) is 0 Å². The second-order valence-electron chi connectivity index (χ2n) is 3.11. The zero-order chi connectivity index (χ0) is 9.68. The Hall–Kier alpha value is -1.23. The van der Waals surface area contributed by atoms with Gasteiger partial charge in [0.25, 0.3) is 0 Å². The molecule has 2 heteroatoms. The predicted octanol–water partition coefficient (Wildman–Crippen LogP) is 2.36. The van der Waals surface area contributed by atoms with E-state index >= 15 is 0 Å². The van der Waals surface area contributed by atoms with Crippen LogP contribution in [0.4, 0.5) is 0 Å². The van der Waals surface area contributed by atoms with Crippen molar-refractivity contribution in [2.24, 2.45) is 0 Å². The summed E-state index contributed by atoms with van der Waals surface area (Å²) in [5.74, 6) is 5.70. The molecule has 0 unspecified atom stereocenters. The van der Waals surface area contributed by atoms with Crippen LogP contribution in [0, 0.1) is 11.8 Å². The molecule has 1 aliphatic rings. The van der Waals surface area contributed by atoms with E-state index in [9.17, 15) is 9.90 Å². The third-order valence-electron chi connectivity index (χ3n) is 2.08. The van der Waals surface area contributed by atoms with Gasteiger partial charge < -0.3 is 5.11 Å². The number of carbonyl (C=O) groups excluding carboxylic acids is 1. The lowest BCUT2D eigenvalue weighted by Crippen LogP contribution is -2.10. The van der Waals surface area contributed by atoms with Crippen molar-refractivity contribution >= 4 is 5.78 Å². The lowest BCUT2D eigenvalue weighted by molar-refractivity contribution is -0.118. The Labute approximate surface area is 78.6 Å². The van der Waals surface area contributed by atoms with Gasteiger partial charge in [0.15, 0.2) is 11.5 Å². The summed E-state index contributed by atoms with van der Waals surface area (Å²) >= 11 is 0. The molecule has 0 atom stereocenters. The van der Waals surface area contributed by atoms with E-state index in [1.54, 1.807) is 0 Å². The van der Waals surface area contributed by atoms with Gasteiger partial charge >= 0.3 is 0 Å². The highest BCUT2D eigenvalue weighted by Crippen LogP contribution is 2.22. The summed E-state index contributed by atoms with van der Waals surface area (Å²) in [6, 6.07) is 0. The number of hydrogen-bond acceptors (Lipinski definition) is 2. The van der Waals surface area contributed by atoms with Crippen molar-refractivity contribution in [1.82, 2.24) is 0 Å². The average molecular weight is 178 g/mol. The fourth-order valence-corrected chi connectivity index (χ4v) is 1.36. The first-order chi connectivity index (χ1) is 6.25. The summed E-state index contributed by atoms with van der Waals surface area (Å²) < 4.78 is 0. The molecule has 1 rings (SSSR count). The zero-order valence-electron chi connectivity index (χ0n) is 7.89. The zero-order valence-corrected chi connectivity index (χ0v) is 7.89. The third-order valence-corrected chi connectivity index (χ3v) is 2.08. The topological polar surface area (TPSA) is 37.3 Å². The van der Waals surface area contributed by atoms with Crippen molar-refractivity contribution in [1.29, 1.82) is 0 Å². The largest absolute Gasteiger partial charge is 0.504 e. The number of ketones is 1. The minimum Gasteiger partial charge on any atom is -0.504 e. The van der Waals surface area contributed by atoms with Gasteiger partial charge in [0, 0.05) is 19.3 Å². The molecule has 1 aliphatic carbocycles. The second kappa shape index (κ2) is 4.71. The van der Waals surface area contributed by atoms with Crippen LogP contribution in [-0.2, 0) is 4.79 Å². The SMILES string of the molecule is CCC#CCC1=C(O)C(=O)CCC1. The van der Waals surface area contributed by atoms with Crippen molar-refractivity contribution in [2.75, 3.05) is 0 Å². The monoisotopic (exact) mass is 178 g/mol. The maximum Gasteiger partial charge on any atom is 0.197 e. The van der Waals surface area contributed by atoms with Crippen LogP contribution < -0.4 is 0 Å². The van der Waals surface area contributed by atoms with Gasteiger partial charge in [0.2, 0.25) is 0 Å². The molecule has 0 amide bonds. The van der Waals surface area contributed by atoms with Gasteiger partial charge in [-0.25, -0.2) is 0 Å². The molecule has 0 saturated carbocycles. The van der Waals surface area contributed by atoms with Gasteiger partial charge in [-0.15, -0.1) is 5.92 Å². The first kappa shape index (κ1) is 9.85. The van der Waals surface area contributed by atoms with Gasteiger partial charge in [0.05, 0.1) is 0 Å². The van der Waals surface area contributed by atoms with Crippen molar-refractivity contribution in [3.05, 3.63) is 11.3 Å². The summed E-state index contributed by atoms with van der Waals surface area (Å²) in [5, 5.41) is 9.40. The Bertz CT molecular complexity index is 289. The number of Topliss-reactive ketones (excluding diaryl/α,β-unsaturated/α-hetero) is 1. The van der Waals surface area contributed by atoms with Crippen LogP contribution in [0.3, 0.4) is 0 Å². The average Bonchev–Trinajstić information content (AvgIpc) is 2.13. The molecule has 0 bridgehead atoms. The number of rotatable bonds is 1. The standard InChI is InChI=1S/C11H14O2/c1-2-3-4-6-9-7-5-8-10(12)11(9)13/h13H,2,5-8H2,1H3. The second-order valence-corrected chi connectivity index (χ2v) is 3.11. The smallest absolute Gasteiger partial charge is 0.197 e. The summed E-state index contributed by atoms with van der Waals surface area (Å²) in [6.45, 7) is 1.98. The van der Waals surface area contributed by atoms with Crippen LogP contribution in [0.5, 0.6) is 0 Å². The third kappa shape index (κ3) is 2.62. The van der Waals surface area contributed by atoms with Crippen LogP contribution in [-0.4, -0.2) is 10.9 Å². The van der Waals surface area contributed by atoms with E-state index in [2.05, 4.69) is 11.8 Å².